The summed E-state index contributed by atoms with van der Waals surface area (Å²) in [5.74, 6) is 1.77. The van der Waals surface area contributed by atoms with Crippen molar-refractivity contribution in [3.63, 3.8) is 0 Å². The molecule has 2 aromatic carbocycles. The lowest BCUT2D eigenvalue weighted by molar-refractivity contribution is -0.0987. The third-order valence-electron chi connectivity index (χ3n) is 3.62. The van der Waals surface area contributed by atoms with Crippen LogP contribution in [0.1, 0.15) is 25.0 Å². The number of hydrogen-bond acceptors (Lipinski definition) is 5. The van der Waals surface area contributed by atoms with E-state index in [9.17, 15) is 0 Å². The Morgan fingerprint density at radius 2 is 0.840 bits per heavy atom. The van der Waals surface area contributed by atoms with Crippen molar-refractivity contribution in [2.24, 2.45) is 0 Å². The maximum Gasteiger partial charge on any atom is 0.118 e. The lowest BCUT2D eigenvalue weighted by Gasteiger charge is -2.26. The normalized spacial score (nSPS) is 8.96. The van der Waals surface area contributed by atoms with E-state index in [-0.39, 0.29) is 5.41 Å². The summed E-state index contributed by atoms with van der Waals surface area (Å²) in [5.41, 5.74) is 2.48. The molecule has 5 heteroatoms. The molecule has 0 saturated carbocycles. The molecule has 5 nitrogen and oxygen atoms in total. The monoisotopic (exact) mass is 346 g/mol. The fourth-order valence-electron chi connectivity index (χ4n) is 2.18. The van der Waals surface area contributed by atoms with Crippen LogP contribution < -0.4 is 9.47 Å². The Morgan fingerprint density at radius 1 is 0.600 bits per heavy atom. The van der Waals surface area contributed by atoms with E-state index in [4.69, 9.17) is 23.9 Å². The minimum Gasteiger partial charge on any atom is -0.497 e. The molecule has 25 heavy (non-hydrogen) atoms. The Morgan fingerprint density at radius 3 is 1.04 bits per heavy atom. The number of carbonyl (C=O) groups is 3. The van der Waals surface area contributed by atoms with Gasteiger partial charge in [0.15, 0.2) is 0 Å². The summed E-state index contributed by atoms with van der Waals surface area (Å²) in [7, 11) is 3.37. The minimum atomic E-state index is -0.0431. The van der Waals surface area contributed by atoms with Gasteiger partial charge < -0.3 is 23.9 Å². The van der Waals surface area contributed by atoms with Gasteiger partial charge in [0.2, 0.25) is 0 Å². The van der Waals surface area contributed by atoms with Crippen molar-refractivity contribution >= 4 is 20.4 Å². The summed E-state index contributed by atoms with van der Waals surface area (Å²) in [6, 6.07) is 16.5. The first-order valence-corrected chi connectivity index (χ1v) is 7.23. The number of methoxy groups -OCH3 is 2. The fourth-order valence-corrected chi connectivity index (χ4v) is 2.18. The maximum atomic E-state index is 8.00. The first-order valence-electron chi connectivity index (χ1n) is 7.23. The molecule has 0 unspecified atom stereocenters. The average molecular weight is 346 g/mol. The van der Waals surface area contributed by atoms with Gasteiger partial charge in [-0.15, -0.1) is 0 Å². The van der Waals surface area contributed by atoms with Gasteiger partial charge in [-0.2, -0.15) is 0 Å². The van der Waals surface area contributed by atoms with Crippen LogP contribution in [0.5, 0.6) is 11.5 Å². The Labute approximate surface area is 149 Å². The van der Waals surface area contributed by atoms with Crippen molar-refractivity contribution < 1.29 is 23.9 Å². The molecule has 0 aliphatic heterocycles. The number of carbonyl (C=O) groups excluding carboxylic acids is 3. The van der Waals surface area contributed by atoms with Gasteiger partial charge in [-0.3, -0.25) is 0 Å². The molecule has 0 amide bonds. The van der Waals surface area contributed by atoms with Gasteiger partial charge >= 0.3 is 0 Å². The predicted molar refractivity (Wildman–Crippen MR) is 99.5 cm³/mol. The van der Waals surface area contributed by atoms with Gasteiger partial charge in [-0.05, 0) is 35.4 Å². The molecular formula is C20H26O5. The highest BCUT2D eigenvalue weighted by Gasteiger charge is 2.22. The highest BCUT2D eigenvalue weighted by atomic mass is 16.5. The zero-order valence-corrected chi connectivity index (χ0v) is 15.3. The van der Waals surface area contributed by atoms with E-state index < -0.39 is 0 Å². The van der Waals surface area contributed by atoms with Crippen molar-refractivity contribution in [1.82, 2.24) is 0 Å². The van der Waals surface area contributed by atoms with Gasteiger partial charge in [0.25, 0.3) is 0 Å². The lowest BCUT2D eigenvalue weighted by atomic mass is 9.78. The van der Waals surface area contributed by atoms with Crippen LogP contribution in [0.4, 0.5) is 0 Å². The topological polar surface area (TPSA) is 69.7 Å². The van der Waals surface area contributed by atoms with Crippen molar-refractivity contribution in [1.29, 1.82) is 0 Å². The number of benzene rings is 2. The first kappa shape index (κ1) is 24.3. The molecule has 0 saturated heterocycles. The van der Waals surface area contributed by atoms with Crippen LogP contribution >= 0.6 is 0 Å². The molecule has 0 aromatic heterocycles. The third kappa shape index (κ3) is 6.99. The van der Waals surface area contributed by atoms with Crippen molar-refractivity contribution in [2.75, 3.05) is 14.2 Å². The first-order chi connectivity index (χ1) is 12.1. The van der Waals surface area contributed by atoms with Gasteiger partial charge in [-0.25, -0.2) is 0 Å². The molecule has 2 rings (SSSR count). The molecule has 0 N–H and O–H groups in total. The lowest BCUT2D eigenvalue weighted by Crippen LogP contribution is -2.18. The molecule has 0 radical (unpaired) electrons. The van der Waals surface area contributed by atoms with E-state index in [2.05, 4.69) is 38.1 Å². The van der Waals surface area contributed by atoms with Crippen LogP contribution in [-0.4, -0.2) is 34.6 Å². The largest absolute Gasteiger partial charge is 0.497 e. The molecule has 2 aromatic rings. The molecule has 0 aliphatic rings. The summed E-state index contributed by atoms with van der Waals surface area (Å²) >= 11 is 0. The molecule has 0 heterocycles. The predicted octanol–water partition coefficient (Wildman–Crippen LogP) is 3.48. The van der Waals surface area contributed by atoms with Crippen LogP contribution in [0.25, 0.3) is 0 Å². The van der Waals surface area contributed by atoms with E-state index in [1.54, 1.807) is 14.2 Å². The third-order valence-corrected chi connectivity index (χ3v) is 3.62. The number of ether oxygens (including phenoxy) is 2. The van der Waals surface area contributed by atoms with Gasteiger partial charge in [0.1, 0.15) is 31.9 Å². The molecule has 0 bridgehead atoms. The summed E-state index contributed by atoms with van der Waals surface area (Å²) in [5, 5.41) is 0. The molecule has 0 fully saturated rings. The summed E-state index contributed by atoms with van der Waals surface area (Å²) in [6.07, 6.45) is 0. The van der Waals surface area contributed by atoms with Gasteiger partial charge in [-0.1, -0.05) is 38.1 Å². The zero-order valence-electron chi connectivity index (χ0n) is 15.3. The van der Waals surface area contributed by atoms with Crippen LogP contribution in [0, 0.1) is 0 Å². The van der Waals surface area contributed by atoms with E-state index in [1.165, 1.54) is 11.1 Å². The molecular weight excluding hydrogens is 320 g/mol. The Hall–Kier alpha value is -2.95. The van der Waals surface area contributed by atoms with E-state index in [0.717, 1.165) is 11.5 Å². The maximum absolute atomic E-state index is 8.00. The highest BCUT2D eigenvalue weighted by Crippen LogP contribution is 2.33. The Kier molecular flexibility index (Phi) is 13.1. The molecule has 0 atom stereocenters. The van der Waals surface area contributed by atoms with Gasteiger partial charge in [0, 0.05) is 5.41 Å². The summed E-state index contributed by atoms with van der Waals surface area (Å²) in [6.45, 7) is 10.4. The number of rotatable bonds is 4. The molecule has 136 valence electrons. The minimum absolute atomic E-state index is 0.0431. The zero-order chi connectivity index (χ0) is 19.9. The molecule has 0 aliphatic carbocycles. The van der Waals surface area contributed by atoms with Crippen LogP contribution in [0.2, 0.25) is 0 Å². The highest BCUT2D eigenvalue weighted by molar-refractivity contribution is 5.41. The van der Waals surface area contributed by atoms with Crippen molar-refractivity contribution in [3.8, 4) is 11.5 Å². The van der Waals surface area contributed by atoms with Crippen molar-refractivity contribution in [2.45, 2.75) is 19.3 Å². The van der Waals surface area contributed by atoms with Crippen LogP contribution in [0.3, 0.4) is 0 Å². The van der Waals surface area contributed by atoms with E-state index in [1.807, 2.05) is 44.6 Å². The number of hydrogen-bond donors (Lipinski definition) is 0. The fraction of sp³-hybridized carbons (Fsp3) is 0.250. The second-order valence-corrected chi connectivity index (χ2v) is 5.08. The average Bonchev–Trinajstić information content (AvgIpc) is 2.72. The Bertz CT molecular complexity index is 522. The summed E-state index contributed by atoms with van der Waals surface area (Å²) in [4.78, 5) is 24.0. The van der Waals surface area contributed by atoms with E-state index in [0.29, 0.717) is 0 Å². The van der Waals surface area contributed by atoms with Crippen molar-refractivity contribution in [3.05, 3.63) is 59.7 Å². The standard InChI is InChI=1S/C17H20O2.3CH2O/c1-17(2,13-5-9-15(18-3)10-6-13)14-7-11-16(19-4)12-8-14;3*1-2/h5-12H,1-4H3;3*1H2. The second kappa shape index (κ2) is 13.5. The van der Waals surface area contributed by atoms with Crippen LogP contribution in [0.15, 0.2) is 48.5 Å². The summed E-state index contributed by atoms with van der Waals surface area (Å²) < 4.78 is 10.4. The Balaban J connectivity index is 0. The van der Waals surface area contributed by atoms with Gasteiger partial charge in [0.05, 0.1) is 14.2 Å². The quantitative estimate of drug-likeness (QED) is 0.848. The SMILES string of the molecule is C=O.C=O.C=O.COc1ccc(C(C)(C)c2ccc(OC)cc2)cc1. The van der Waals surface area contributed by atoms with Crippen LogP contribution in [-0.2, 0) is 19.8 Å². The molecule has 0 spiro atoms. The second-order valence-electron chi connectivity index (χ2n) is 5.08. The smallest absolute Gasteiger partial charge is 0.118 e. The van der Waals surface area contributed by atoms with E-state index >= 15 is 0 Å².